The zero-order valence-electron chi connectivity index (χ0n) is 12.3. The van der Waals surface area contributed by atoms with Crippen LogP contribution in [0.3, 0.4) is 0 Å². The van der Waals surface area contributed by atoms with Crippen LogP contribution in [0.4, 0.5) is 0 Å². The summed E-state index contributed by atoms with van der Waals surface area (Å²) >= 11 is 0. The molecule has 0 heterocycles. The van der Waals surface area contributed by atoms with Crippen molar-refractivity contribution < 1.29 is 5.11 Å². The molecule has 0 radical (unpaired) electrons. The Morgan fingerprint density at radius 1 is 0.952 bits per heavy atom. The van der Waals surface area contributed by atoms with Crippen molar-refractivity contribution in [2.24, 2.45) is 5.92 Å². The molecule has 3 rings (SSSR count). The molecule has 2 unspecified atom stereocenters. The third-order valence-electron chi connectivity index (χ3n) is 4.21. The predicted molar refractivity (Wildman–Crippen MR) is 86.1 cm³/mol. The average molecular weight is 281 g/mol. The van der Waals surface area contributed by atoms with Crippen molar-refractivity contribution in [3.63, 3.8) is 0 Å². The van der Waals surface area contributed by atoms with Gasteiger partial charge in [0.25, 0.3) is 0 Å². The number of aliphatic hydroxyl groups is 1. The van der Waals surface area contributed by atoms with Crippen LogP contribution in [0.25, 0.3) is 0 Å². The zero-order chi connectivity index (χ0) is 14.5. The lowest BCUT2D eigenvalue weighted by atomic mass is 9.99. The topological polar surface area (TPSA) is 32.3 Å². The number of benzene rings is 2. The van der Waals surface area contributed by atoms with E-state index >= 15 is 0 Å². The van der Waals surface area contributed by atoms with Crippen LogP contribution in [0.1, 0.15) is 30.0 Å². The Kier molecular flexibility index (Phi) is 4.69. The monoisotopic (exact) mass is 281 g/mol. The molecule has 21 heavy (non-hydrogen) atoms. The Hall–Kier alpha value is -1.64. The van der Waals surface area contributed by atoms with Crippen LogP contribution in [0, 0.1) is 5.92 Å². The van der Waals surface area contributed by atoms with Crippen LogP contribution in [0.2, 0.25) is 0 Å². The summed E-state index contributed by atoms with van der Waals surface area (Å²) in [6.45, 7) is 0.172. The second kappa shape index (κ2) is 6.88. The van der Waals surface area contributed by atoms with Gasteiger partial charge in [-0.25, -0.2) is 0 Å². The third kappa shape index (κ3) is 3.93. The molecule has 2 atom stereocenters. The first kappa shape index (κ1) is 14.3. The van der Waals surface area contributed by atoms with Gasteiger partial charge in [0.1, 0.15) is 0 Å². The average Bonchev–Trinajstić information content (AvgIpc) is 3.38. The summed E-state index contributed by atoms with van der Waals surface area (Å²) in [4.78, 5) is 0. The molecule has 0 spiro atoms. The van der Waals surface area contributed by atoms with Gasteiger partial charge in [-0.1, -0.05) is 60.7 Å². The van der Waals surface area contributed by atoms with Crippen LogP contribution in [0.5, 0.6) is 0 Å². The SMILES string of the molecule is OCC(Cc1ccccc1)NC(c1ccccc1)C1CC1. The second-order valence-corrected chi connectivity index (χ2v) is 5.96. The van der Waals surface area contributed by atoms with Gasteiger partial charge in [-0.2, -0.15) is 0 Å². The van der Waals surface area contributed by atoms with E-state index in [9.17, 15) is 5.11 Å². The summed E-state index contributed by atoms with van der Waals surface area (Å²) in [5, 5.41) is 13.4. The van der Waals surface area contributed by atoms with Crippen molar-refractivity contribution in [2.45, 2.75) is 31.3 Å². The fraction of sp³-hybridized carbons (Fsp3) is 0.368. The molecule has 0 bridgehead atoms. The molecule has 2 aromatic carbocycles. The summed E-state index contributed by atoms with van der Waals surface area (Å²) in [5.41, 5.74) is 2.61. The van der Waals surface area contributed by atoms with Crippen molar-refractivity contribution in [1.82, 2.24) is 5.32 Å². The predicted octanol–water partition coefficient (Wildman–Crippen LogP) is 3.33. The summed E-state index contributed by atoms with van der Waals surface area (Å²) in [6.07, 6.45) is 3.44. The normalized spacial score (nSPS) is 17.4. The largest absolute Gasteiger partial charge is 0.395 e. The Bertz CT molecular complexity index is 536. The van der Waals surface area contributed by atoms with E-state index < -0.39 is 0 Å². The molecule has 0 aromatic heterocycles. The molecule has 0 amide bonds. The van der Waals surface area contributed by atoms with Gasteiger partial charge in [0, 0.05) is 12.1 Å². The Labute approximate surface area is 126 Å². The van der Waals surface area contributed by atoms with Crippen LogP contribution >= 0.6 is 0 Å². The lowest BCUT2D eigenvalue weighted by Gasteiger charge is -2.25. The number of nitrogens with one attached hydrogen (secondary N) is 1. The number of aliphatic hydroxyl groups excluding tert-OH is 1. The molecule has 0 saturated heterocycles. The quantitative estimate of drug-likeness (QED) is 0.816. The van der Waals surface area contributed by atoms with Gasteiger partial charge < -0.3 is 10.4 Å². The highest BCUT2D eigenvalue weighted by molar-refractivity contribution is 5.22. The number of rotatable bonds is 7. The minimum Gasteiger partial charge on any atom is -0.395 e. The lowest BCUT2D eigenvalue weighted by Crippen LogP contribution is -2.38. The number of hydrogen-bond acceptors (Lipinski definition) is 2. The molecule has 1 aliphatic carbocycles. The highest BCUT2D eigenvalue weighted by atomic mass is 16.3. The van der Waals surface area contributed by atoms with Gasteiger partial charge in [0.2, 0.25) is 0 Å². The van der Waals surface area contributed by atoms with Gasteiger partial charge in [0.05, 0.1) is 6.61 Å². The van der Waals surface area contributed by atoms with E-state index in [0.717, 1.165) is 12.3 Å². The molecular weight excluding hydrogens is 258 g/mol. The van der Waals surface area contributed by atoms with E-state index in [1.54, 1.807) is 0 Å². The van der Waals surface area contributed by atoms with Crippen LogP contribution in [-0.4, -0.2) is 17.8 Å². The molecule has 1 aliphatic rings. The zero-order valence-corrected chi connectivity index (χ0v) is 12.3. The minimum atomic E-state index is 0.109. The first-order valence-electron chi connectivity index (χ1n) is 7.82. The van der Waals surface area contributed by atoms with Gasteiger partial charge in [-0.15, -0.1) is 0 Å². The van der Waals surface area contributed by atoms with Crippen LogP contribution in [-0.2, 0) is 6.42 Å². The van der Waals surface area contributed by atoms with E-state index in [4.69, 9.17) is 0 Å². The van der Waals surface area contributed by atoms with Crippen molar-refractivity contribution >= 4 is 0 Å². The molecule has 2 N–H and O–H groups in total. The Balaban J connectivity index is 1.69. The second-order valence-electron chi connectivity index (χ2n) is 5.96. The van der Waals surface area contributed by atoms with Gasteiger partial charge in [-0.05, 0) is 36.3 Å². The van der Waals surface area contributed by atoms with Gasteiger partial charge >= 0.3 is 0 Å². The Morgan fingerprint density at radius 2 is 1.57 bits per heavy atom. The third-order valence-corrected chi connectivity index (χ3v) is 4.21. The van der Waals surface area contributed by atoms with Crippen molar-refractivity contribution in [3.05, 3.63) is 71.8 Å². The molecular formula is C19H23NO. The summed E-state index contributed by atoms with van der Waals surface area (Å²) in [7, 11) is 0. The first-order valence-corrected chi connectivity index (χ1v) is 7.82. The van der Waals surface area contributed by atoms with Crippen LogP contribution < -0.4 is 5.32 Å². The molecule has 2 nitrogen and oxygen atoms in total. The first-order chi connectivity index (χ1) is 10.4. The maximum atomic E-state index is 9.72. The standard InChI is InChI=1S/C19H23NO/c21-14-18(13-15-7-3-1-4-8-15)20-19(17-11-12-17)16-9-5-2-6-10-16/h1-10,17-21H,11-14H2. The molecule has 1 saturated carbocycles. The summed E-state index contributed by atoms with van der Waals surface area (Å²) in [5.74, 6) is 0.720. The minimum absolute atomic E-state index is 0.109. The maximum absolute atomic E-state index is 9.72. The van der Waals surface area contributed by atoms with Crippen molar-refractivity contribution in [1.29, 1.82) is 0 Å². The van der Waals surface area contributed by atoms with E-state index in [2.05, 4.69) is 59.9 Å². The fourth-order valence-corrected chi connectivity index (χ4v) is 2.92. The van der Waals surface area contributed by atoms with E-state index in [-0.39, 0.29) is 12.6 Å². The molecule has 110 valence electrons. The lowest BCUT2D eigenvalue weighted by molar-refractivity contribution is 0.225. The fourth-order valence-electron chi connectivity index (χ4n) is 2.92. The summed E-state index contributed by atoms with van der Waals surface area (Å²) < 4.78 is 0. The van der Waals surface area contributed by atoms with E-state index in [1.807, 2.05) is 6.07 Å². The number of hydrogen-bond donors (Lipinski definition) is 2. The van der Waals surface area contributed by atoms with Gasteiger partial charge in [0.15, 0.2) is 0 Å². The highest BCUT2D eigenvalue weighted by Gasteiger charge is 2.33. The van der Waals surface area contributed by atoms with Crippen LogP contribution in [0.15, 0.2) is 60.7 Å². The maximum Gasteiger partial charge on any atom is 0.0588 e. The molecule has 2 aromatic rings. The van der Waals surface area contributed by atoms with E-state index in [1.165, 1.54) is 24.0 Å². The molecule has 1 fully saturated rings. The highest BCUT2D eigenvalue weighted by Crippen LogP contribution is 2.41. The molecule has 2 heteroatoms. The Morgan fingerprint density at radius 3 is 2.14 bits per heavy atom. The van der Waals surface area contributed by atoms with Crippen molar-refractivity contribution in [2.75, 3.05) is 6.61 Å². The van der Waals surface area contributed by atoms with Gasteiger partial charge in [-0.3, -0.25) is 0 Å². The molecule has 0 aliphatic heterocycles. The summed E-state index contributed by atoms with van der Waals surface area (Å²) in [6, 6.07) is 21.5. The van der Waals surface area contributed by atoms with Crippen molar-refractivity contribution in [3.8, 4) is 0 Å². The van der Waals surface area contributed by atoms with E-state index in [0.29, 0.717) is 6.04 Å². The smallest absolute Gasteiger partial charge is 0.0588 e.